The quantitative estimate of drug-likeness (QED) is 0.686. The van der Waals surface area contributed by atoms with Gasteiger partial charge >= 0.3 is 0 Å². The van der Waals surface area contributed by atoms with E-state index in [2.05, 4.69) is 0 Å². The Kier molecular flexibility index (Phi) is 2.80. The van der Waals surface area contributed by atoms with Gasteiger partial charge < -0.3 is 5.73 Å². The summed E-state index contributed by atoms with van der Waals surface area (Å²) < 4.78 is 0. The van der Waals surface area contributed by atoms with Crippen LogP contribution in [-0.4, -0.2) is 5.91 Å². The molecule has 14 heavy (non-hydrogen) atoms. The molecule has 0 bridgehead atoms. The second-order valence-electron chi connectivity index (χ2n) is 5.06. The number of amides is 1. The molecule has 0 radical (unpaired) electrons. The number of fused-ring (bicyclic) bond motifs is 1. The van der Waals surface area contributed by atoms with Gasteiger partial charge in [0.05, 0.1) is 5.41 Å². The summed E-state index contributed by atoms with van der Waals surface area (Å²) in [6.07, 6.45) is 10.9. The number of hydrogen-bond acceptors (Lipinski definition) is 1. The van der Waals surface area contributed by atoms with Gasteiger partial charge in [0.25, 0.3) is 0 Å². The molecule has 2 aliphatic carbocycles. The molecule has 0 heterocycles. The zero-order valence-corrected chi connectivity index (χ0v) is 8.93. The van der Waals surface area contributed by atoms with Crippen molar-refractivity contribution in [3.8, 4) is 0 Å². The Morgan fingerprint density at radius 3 is 2.21 bits per heavy atom. The largest absolute Gasteiger partial charge is 0.369 e. The molecule has 2 atom stereocenters. The van der Waals surface area contributed by atoms with Crippen LogP contribution in [0.4, 0.5) is 0 Å². The van der Waals surface area contributed by atoms with Gasteiger partial charge in [-0.3, -0.25) is 4.79 Å². The summed E-state index contributed by atoms with van der Waals surface area (Å²) in [5.74, 6) is 0.598. The molecule has 80 valence electrons. The summed E-state index contributed by atoms with van der Waals surface area (Å²) in [5, 5.41) is 0. The Bertz CT molecular complexity index is 226. The average molecular weight is 195 g/mol. The van der Waals surface area contributed by atoms with Crippen molar-refractivity contribution in [3.05, 3.63) is 0 Å². The molecule has 2 nitrogen and oxygen atoms in total. The predicted molar refractivity (Wildman–Crippen MR) is 56.7 cm³/mol. The molecule has 0 spiro atoms. The van der Waals surface area contributed by atoms with E-state index >= 15 is 0 Å². The summed E-state index contributed by atoms with van der Waals surface area (Å²) in [4.78, 5) is 11.7. The molecule has 2 aliphatic rings. The van der Waals surface area contributed by atoms with Gasteiger partial charge in [-0.15, -0.1) is 0 Å². The smallest absolute Gasteiger partial charge is 0.223 e. The van der Waals surface area contributed by atoms with Crippen molar-refractivity contribution in [2.45, 2.75) is 57.8 Å². The zero-order valence-electron chi connectivity index (χ0n) is 8.93. The standard InChI is InChI=1S/C12H21NO/c13-11(14)12-8-4-1-2-6-10(12)7-3-5-9-12/h10H,1-9H2,(H2,13,14)/t10-,12-/m0/s1. The normalized spacial score (nSPS) is 38.4. The van der Waals surface area contributed by atoms with E-state index in [9.17, 15) is 4.79 Å². The number of nitrogens with two attached hydrogens (primary N) is 1. The Hall–Kier alpha value is -0.530. The van der Waals surface area contributed by atoms with Crippen molar-refractivity contribution in [3.63, 3.8) is 0 Å². The van der Waals surface area contributed by atoms with Gasteiger partial charge in [-0.2, -0.15) is 0 Å². The average Bonchev–Trinajstić information content (AvgIpc) is 2.40. The minimum atomic E-state index is -0.102. The summed E-state index contributed by atoms with van der Waals surface area (Å²) >= 11 is 0. The van der Waals surface area contributed by atoms with Crippen LogP contribution in [-0.2, 0) is 4.79 Å². The molecule has 0 aromatic heterocycles. The SMILES string of the molecule is NC(=O)[C@]12CCCCC[C@H]1CCCC2. The minimum absolute atomic E-state index is 0.0101. The van der Waals surface area contributed by atoms with Crippen LogP contribution in [0.3, 0.4) is 0 Å². The number of hydrogen-bond donors (Lipinski definition) is 1. The third-order valence-corrected chi connectivity index (χ3v) is 4.37. The van der Waals surface area contributed by atoms with Gasteiger partial charge in [-0.05, 0) is 31.6 Å². The van der Waals surface area contributed by atoms with E-state index in [1.807, 2.05) is 0 Å². The van der Waals surface area contributed by atoms with Gasteiger partial charge in [0.1, 0.15) is 0 Å². The lowest BCUT2D eigenvalue weighted by atomic mass is 9.63. The third kappa shape index (κ3) is 1.55. The van der Waals surface area contributed by atoms with E-state index in [0.29, 0.717) is 5.92 Å². The molecule has 2 rings (SSSR count). The van der Waals surface area contributed by atoms with Gasteiger partial charge in [0.2, 0.25) is 5.91 Å². The summed E-state index contributed by atoms with van der Waals surface area (Å²) in [7, 11) is 0. The van der Waals surface area contributed by atoms with Crippen LogP contribution in [0.15, 0.2) is 0 Å². The first kappa shape index (κ1) is 10.0. The number of rotatable bonds is 1. The van der Waals surface area contributed by atoms with E-state index in [4.69, 9.17) is 5.73 Å². The van der Waals surface area contributed by atoms with E-state index in [1.54, 1.807) is 0 Å². The lowest BCUT2D eigenvalue weighted by molar-refractivity contribution is -0.133. The zero-order chi connectivity index (χ0) is 10.0. The predicted octanol–water partition coefficient (Wildman–Crippen LogP) is 2.61. The topological polar surface area (TPSA) is 43.1 Å². The molecule has 0 unspecified atom stereocenters. The minimum Gasteiger partial charge on any atom is -0.369 e. The van der Waals surface area contributed by atoms with Crippen LogP contribution in [0, 0.1) is 11.3 Å². The molecule has 0 aliphatic heterocycles. The second-order valence-corrected chi connectivity index (χ2v) is 5.06. The van der Waals surface area contributed by atoms with Crippen LogP contribution in [0.5, 0.6) is 0 Å². The maximum atomic E-state index is 11.7. The van der Waals surface area contributed by atoms with Crippen LogP contribution < -0.4 is 5.73 Å². The molecule has 2 heteroatoms. The van der Waals surface area contributed by atoms with E-state index in [1.165, 1.54) is 44.9 Å². The van der Waals surface area contributed by atoms with Gasteiger partial charge in [0.15, 0.2) is 0 Å². The van der Waals surface area contributed by atoms with Crippen molar-refractivity contribution in [1.29, 1.82) is 0 Å². The maximum absolute atomic E-state index is 11.7. The highest BCUT2D eigenvalue weighted by Gasteiger charge is 2.45. The molecule has 0 aromatic carbocycles. The molecule has 0 aromatic rings. The second kappa shape index (κ2) is 3.92. The Labute approximate surface area is 86.2 Å². The highest BCUT2D eigenvalue weighted by Crippen LogP contribution is 2.48. The summed E-state index contributed by atoms with van der Waals surface area (Å²) in [5.41, 5.74) is 5.54. The fraction of sp³-hybridized carbons (Fsp3) is 0.917. The van der Waals surface area contributed by atoms with E-state index in [0.717, 1.165) is 12.8 Å². The number of carbonyl (C=O) groups is 1. The third-order valence-electron chi connectivity index (χ3n) is 4.37. The van der Waals surface area contributed by atoms with E-state index in [-0.39, 0.29) is 11.3 Å². The lowest BCUT2D eigenvalue weighted by Gasteiger charge is -2.40. The highest BCUT2D eigenvalue weighted by atomic mass is 16.1. The first-order chi connectivity index (χ1) is 6.76. The van der Waals surface area contributed by atoms with Gasteiger partial charge in [-0.1, -0.05) is 32.1 Å². The number of carbonyl (C=O) groups excluding carboxylic acids is 1. The molecule has 2 N–H and O–H groups in total. The number of primary amides is 1. The Morgan fingerprint density at radius 1 is 1.00 bits per heavy atom. The maximum Gasteiger partial charge on any atom is 0.223 e. The fourth-order valence-corrected chi connectivity index (χ4v) is 3.52. The van der Waals surface area contributed by atoms with Gasteiger partial charge in [0, 0.05) is 0 Å². The van der Waals surface area contributed by atoms with E-state index < -0.39 is 0 Å². The molecule has 0 saturated heterocycles. The van der Waals surface area contributed by atoms with Crippen LogP contribution >= 0.6 is 0 Å². The lowest BCUT2D eigenvalue weighted by Crippen LogP contribution is -2.44. The molecule has 1 amide bonds. The molecular weight excluding hydrogens is 174 g/mol. The first-order valence-corrected chi connectivity index (χ1v) is 6.06. The van der Waals surface area contributed by atoms with Crippen molar-refractivity contribution in [2.24, 2.45) is 17.1 Å². The first-order valence-electron chi connectivity index (χ1n) is 6.06. The monoisotopic (exact) mass is 195 g/mol. The van der Waals surface area contributed by atoms with Crippen molar-refractivity contribution in [2.75, 3.05) is 0 Å². The molecule has 2 saturated carbocycles. The Balaban J connectivity index is 2.22. The summed E-state index contributed by atoms with van der Waals surface area (Å²) in [6, 6.07) is 0. The van der Waals surface area contributed by atoms with Gasteiger partial charge in [-0.25, -0.2) is 0 Å². The molecule has 2 fully saturated rings. The fourth-order valence-electron chi connectivity index (χ4n) is 3.52. The van der Waals surface area contributed by atoms with Crippen molar-refractivity contribution >= 4 is 5.91 Å². The Morgan fingerprint density at radius 2 is 1.57 bits per heavy atom. The van der Waals surface area contributed by atoms with Crippen LogP contribution in [0.2, 0.25) is 0 Å². The molecular formula is C12H21NO. The van der Waals surface area contributed by atoms with Crippen molar-refractivity contribution < 1.29 is 4.79 Å². The summed E-state index contributed by atoms with van der Waals surface area (Å²) in [6.45, 7) is 0. The van der Waals surface area contributed by atoms with Crippen LogP contribution in [0.25, 0.3) is 0 Å². The van der Waals surface area contributed by atoms with Crippen LogP contribution in [0.1, 0.15) is 57.8 Å². The van der Waals surface area contributed by atoms with Crippen molar-refractivity contribution in [1.82, 2.24) is 0 Å². The highest BCUT2D eigenvalue weighted by molar-refractivity contribution is 5.81.